The van der Waals surface area contributed by atoms with Gasteiger partial charge >= 0.3 is 0 Å². The lowest BCUT2D eigenvalue weighted by atomic mass is 10.2. The predicted octanol–water partition coefficient (Wildman–Crippen LogP) is 0.463. The van der Waals surface area contributed by atoms with Gasteiger partial charge in [0.15, 0.2) is 0 Å². The predicted molar refractivity (Wildman–Crippen MR) is 48.3 cm³/mol. The SMILES string of the molecule is COc1cc(C#N)cc(CCN)n1. The second-order valence-corrected chi connectivity index (χ2v) is 2.54. The summed E-state index contributed by atoms with van der Waals surface area (Å²) in [7, 11) is 1.52. The number of nitriles is 1. The summed E-state index contributed by atoms with van der Waals surface area (Å²) in [4.78, 5) is 4.14. The van der Waals surface area contributed by atoms with Gasteiger partial charge in [-0.05, 0) is 12.6 Å². The van der Waals surface area contributed by atoms with Crippen molar-refractivity contribution in [2.45, 2.75) is 6.42 Å². The fourth-order valence-corrected chi connectivity index (χ4v) is 1.01. The van der Waals surface area contributed by atoms with Gasteiger partial charge in [-0.25, -0.2) is 4.98 Å². The van der Waals surface area contributed by atoms with E-state index in [1.165, 1.54) is 7.11 Å². The Morgan fingerprint density at radius 1 is 1.62 bits per heavy atom. The van der Waals surface area contributed by atoms with E-state index in [1.54, 1.807) is 12.1 Å². The third-order valence-electron chi connectivity index (χ3n) is 1.59. The number of ether oxygens (including phenoxy) is 1. The van der Waals surface area contributed by atoms with E-state index < -0.39 is 0 Å². The molecule has 0 fully saturated rings. The number of methoxy groups -OCH3 is 1. The first kappa shape index (κ1) is 9.49. The highest BCUT2D eigenvalue weighted by Gasteiger charge is 2.01. The highest BCUT2D eigenvalue weighted by Crippen LogP contribution is 2.11. The number of nitrogens with zero attached hydrogens (tertiary/aromatic N) is 2. The Kier molecular flexibility index (Phi) is 3.23. The summed E-state index contributed by atoms with van der Waals surface area (Å²) in [5, 5.41) is 8.69. The highest BCUT2D eigenvalue weighted by atomic mass is 16.5. The van der Waals surface area contributed by atoms with E-state index in [2.05, 4.69) is 4.98 Å². The van der Waals surface area contributed by atoms with Crippen LogP contribution in [0.5, 0.6) is 5.88 Å². The van der Waals surface area contributed by atoms with Crippen LogP contribution in [0, 0.1) is 11.3 Å². The molecule has 1 heterocycles. The van der Waals surface area contributed by atoms with Gasteiger partial charge in [0.2, 0.25) is 5.88 Å². The van der Waals surface area contributed by atoms with Crippen LogP contribution in [0.4, 0.5) is 0 Å². The maximum Gasteiger partial charge on any atom is 0.214 e. The maximum atomic E-state index is 8.69. The number of nitrogens with two attached hydrogens (primary N) is 1. The van der Waals surface area contributed by atoms with Crippen molar-refractivity contribution in [1.82, 2.24) is 4.98 Å². The van der Waals surface area contributed by atoms with Gasteiger partial charge in [-0.2, -0.15) is 5.26 Å². The first-order valence-corrected chi connectivity index (χ1v) is 3.95. The average Bonchev–Trinajstić information content (AvgIpc) is 2.17. The van der Waals surface area contributed by atoms with Crippen molar-refractivity contribution in [2.24, 2.45) is 5.73 Å². The molecule has 0 spiro atoms. The van der Waals surface area contributed by atoms with Gasteiger partial charge in [0.25, 0.3) is 0 Å². The summed E-state index contributed by atoms with van der Waals surface area (Å²) in [6.45, 7) is 0.519. The average molecular weight is 177 g/mol. The second-order valence-electron chi connectivity index (χ2n) is 2.54. The van der Waals surface area contributed by atoms with E-state index in [9.17, 15) is 0 Å². The van der Waals surface area contributed by atoms with Crippen molar-refractivity contribution < 1.29 is 4.74 Å². The van der Waals surface area contributed by atoms with Crippen molar-refractivity contribution in [3.05, 3.63) is 23.4 Å². The fraction of sp³-hybridized carbons (Fsp3) is 0.333. The molecule has 13 heavy (non-hydrogen) atoms. The highest BCUT2D eigenvalue weighted by molar-refractivity contribution is 5.34. The first-order valence-electron chi connectivity index (χ1n) is 3.95. The Morgan fingerprint density at radius 3 is 2.92 bits per heavy atom. The monoisotopic (exact) mass is 177 g/mol. The molecule has 1 aromatic rings. The van der Waals surface area contributed by atoms with Crippen LogP contribution in [0.3, 0.4) is 0 Å². The van der Waals surface area contributed by atoms with Crippen molar-refractivity contribution >= 4 is 0 Å². The lowest BCUT2D eigenvalue weighted by Gasteiger charge is -2.02. The Morgan fingerprint density at radius 2 is 2.38 bits per heavy atom. The zero-order chi connectivity index (χ0) is 9.68. The Labute approximate surface area is 77.0 Å². The molecule has 2 N–H and O–H groups in total. The summed E-state index contributed by atoms with van der Waals surface area (Å²) >= 11 is 0. The number of aromatic nitrogens is 1. The lowest BCUT2D eigenvalue weighted by Crippen LogP contribution is -2.05. The normalized spacial score (nSPS) is 9.31. The van der Waals surface area contributed by atoms with Crippen molar-refractivity contribution in [3.63, 3.8) is 0 Å². The standard InChI is InChI=1S/C9H11N3O/c1-13-9-5-7(6-11)4-8(12-9)2-3-10/h4-5H,2-3,10H2,1H3. The minimum Gasteiger partial charge on any atom is -0.481 e. The van der Waals surface area contributed by atoms with Crippen LogP contribution in [0.15, 0.2) is 12.1 Å². The number of rotatable bonds is 3. The molecule has 0 aliphatic rings. The van der Waals surface area contributed by atoms with Gasteiger partial charge in [0, 0.05) is 18.2 Å². The lowest BCUT2D eigenvalue weighted by molar-refractivity contribution is 0.396. The van der Waals surface area contributed by atoms with Crippen LogP contribution in [0.1, 0.15) is 11.3 Å². The van der Waals surface area contributed by atoms with Gasteiger partial charge < -0.3 is 10.5 Å². The van der Waals surface area contributed by atoms with E-state index in [0.29, 0.717) is 24.4 Å². The van der Waals surface area contributed by atoms with Crippen LogP contribution < -0.4 is 10.5 Å². The van der Waals surface area contributed by atoms with Gasteiger partial charge in [-0.3, -0.25) is 0 Å². The molecule has 0 radical (unpaired) electrons. The fourth-order valence-electron chi connectivity index (χ4n) is 1.01. The molecule has 0 unspecified atom stereocenters. The Balaban J connectivity index is 3.01. The van der Waals surface area contributed by atoms with Gasteiger partial charge in [0.05, 0.1) is 18.7 Å². The molecule has 4 nitrogen and oxygen atoms in total. The van der Waals surface area contributed by atoms with Crippen LogP contribution in [-0.2, 0) is 6.42 Å². The number of hydrogen-bond acceptors (Lipinski definition) is 4. The van der Waals surface area contributed by atoms with Gasteiger partial charge in [-0.15, -0.1) is 0 Å². The molecule has 0 aromatic carbocycles. The van der Waals surface area contributed by atoms with E-state index in [4.69, 9.17) is 15.7 Å². The molecular weight excluding hydrogens is 166 g/mol. The van der Waals surface area contributed by atoms with E-state index >= 15 is 0 Å². The third kappa shape index (κ3) is 2.42. The largest absolute Gasteiger partial charge is 0.481 e. The van der Waals surface area contributed by atoms with Gasteiger partial charge in [-0.1, -0.05) is 0 Å². The van der Waals surface area contributed by atoms with Crippen LogP contribution >= 0.6 is 0 Å². The van der Waals surface area contributed by atoms with Crippen LogP contribution in [0.2, 0.25) is 0 Å². The minimum atomic E-state index is 0.461. The van der Waals surface area contributed by atoms with Gasteiger partial charge in [0.1, 0.15) is 0 Å². The number of hydrogen-bond donors (Lipinski definition) is 1. The summed E-state index contributed by atoms with van der Waals surface area (Å²) in [5.74, 6) is 0.461. The van der Waals surface area contributed by atoms with Crippen molar-refractivity contribution in [2.75, 3.05) is 13.7 Å². The molecule has 0 atom stereocenters. The quantitative estimate of drug-likeness (QED) is 0.728. The molecule has 4 heteroatoms. The Bertz CT molecular complexity index is 330. The van der Waals surface area contributed by atoms with E-state index in [1.807, 2.05) is 6.07 Å². The molecule has 0 saturated carbocycles. The Hall–Kier alpha value is -1.60. The zero-order valence-electron chi connectivity index (χ0n) is 7.45. The molecule has 68 valence electrons. The van der Waals surface area contributed by atoms with E-state index in [-0.39, 0.29) is 0 Å². The summed E-state index contributed by atoms with van der Waals surface area (Å²) in [5.41, 5.74) is 6.72. The molecule has 1 rings (SSSR count). The topological polar surface area (TPSA) is 71.9 Å². The maximum absolute atomic E-state index is 8.69. The molecule has 0 aliphatic carbocycles. The number of pyridine rings is 1. The molecule has 0 aliphatic heterocycles. The minimum absolute atomic E-state index is 0.461. The van der Waals surface area contributed by atoms with Crippen LogP contribution in [-0.4, -0.2) is 18.6 Å². The summed E-state index contributed by atoms with van der Waals surface area (Å²) in [6, 6.07) is 5.35. The second kappa shape index (κ2) is 4.43. The van der Waals surface area contributed by atoms with E-state index in [0.717, 1.165) is 5.69 Å². The third-order valence-corrected chi connectivity index (χ3v) is 1.59. The van der Waals surface area contributed by atoms with Crippen molar-refractivity contribution in [3.8, 4) is 11.9 Å². The first-order chi connectivity index (χ1) is 6.30. The molecule has 0 amide bonds. The molecular formula is C9H11N3O. The summed E-state index contributed by atoms with van der Waals surface area (Å²) < 4.78 is 4.94. The smallest absolute Gasteiger partial charge is 0.214 e. The summed E-state index contributed by atoms with van der Waals surface area (Å²) in [6.07, 6.45) is 0.659. The molecule has 0 bridgehead atoms. The molecule has 1 aromatic heterocycles. The van der Waals surface area contributed by atoms with Crippen LogP contribution in [0.25, 0.3) is 0 Å². The van der Waals surface area contributed by atoms with Crippen molar-refractivity contribution in [1.29, 1.82) is 5.26 Å². The molecule has 0 saturated heterocycles. The zero-order valence-corrected chi connectivity index (χ0v) is 7.45.